The minimum absolute atomic E-state index is 0.376. The Balaban J connectivity index is 1.84. The van der Waals surface area contributed by atoms with Crippen molar-refractivity contribution in [3.63, 3.8) is 0 Å². The molecule has 0 fully saturated rings. The fourth-order valence-corrected chi connectivity index (χ4v) is 6.19. The van der Waals surface area contributed by atoms with E-state index in [1.54, 1.807) is 0 Å². The van der Waals surface area contributed by atoms with Crippen LogP contribution in [-0.4, -0.2) is 0 Å². The first-order valence-electron chi connectivity index (χ1n) is 11.5. The Bertz CT molecular complexity index is 1510. The Morgan fingerprint density at radius 2 is 1.21 bits per heavy atom. The van der Waals surface area contributed by atoms with Crippen molar-refractivity contribution in [1.29, 1.82) is 0 Å². The van der Waals surface area contributed by atoms with Crippen LogP contribution in [0.3, 0.4) is 0 Å². The lowest BCUT2D eigenvalue weighted by molar-refractivity contribution is 0.794. The van der Waals surface area contributed by atoms with Gasteiger partial charge in [-0.3, -0.25) is 0 Å². The van der Waals surface area contributed by atoms with Gasteiger partial charge in [-0.15, -0.1) is 0 Å². The van der Waals surface area contributed by atoms with E-state index in [-0.39, 0.29) is 5.41 Å². The zero-order valence-electron chi connectivity index (χ0n) is 19.2. The molecule has 4 aromatic rings. The molecule has 4 aromatic carbocycles. The molecule has 158 valence electrons. The first-order valence-corrected chi connectivity index (χ1v) is 11.5. The van der Waals surface area contributed by atoms with E-state index >= 15 is 0 Å². The minimum Gasteiger partial charge on any atom is -0.0991 e. The third kappa shape index (κ3) is 2.41. The predicted molar refractivity (Wildman–Crippen MR) is 140 cm³/mol. The van der Waals surface area contributed by atoms with Gasteiger partial charge in [0.15, 0.2) is 0 Å². The summed E-state index contributed by atoms with van der Waals surface area (Å²) in [6.45, 7) is 13.1. The summed E-state index contributed by atoms with van der Waals surface area (Å²) < 4.78 is 0. The second kappa shape index (κ2) is 7.05. The average Bonchev–Trinajstić information content (AvgIpc) is 3.27. The molecule has 0 amide bonds. The summed E-state index contributed by atoms with van der Waals surface area (Å²) in [5, 5.41) is 0. The van der Waals surface area contributed by atoms with E-state index in [1.165, 1.54) is 61.2 Å². The largest absolute Gasteiger partial charge is 0.0991 e. The first kappa shape index (κ1) is 19.8. The lowest BCUT2D eigenvalue weighted by Crippen LogP contribution is -2.26. The minimum atomic E-state index is -0.376. The van der Waals surface area contributed by atoms with Crippen LogP contribution in [0, 0.1) is 13.8 Å². The van der Waals surface area contributed by atoms with Gasteiger partial charge in [-0.2, -0.15) is 0 Å². The topological polar surface area (TPSA) is 0 Å². The van der Waals surface area contributed by atoms with Crippen LogP contribution in [0.25, 0.3) is 27.8 Å². The highest BCUT2D eigenvalue weighted by Crippen LogP contribution is 2.64. The van der Waals surface area contributed by atoms with Crippen molar-refractivity contribution in [3.8, 4) is 22.3 Å². The molecule has 6 rings (SSSR count). The van der Waals surface area contributed by atoms with Gasteiger partial charge >= 0.3 is 0 Å². The Morgan fingerprint density at radius 3 is 1.91 bits per heavy atom. The van der Waals surface area contributed by atoms with E-state index in [9.17, 15) is 0 Å². The molecule has 0 aromatic heterocycles. The van der Waals surface area contributed by atoms with E-state index < -0.39 is 0 Å². The van der Waals surface area contributed by atoms with Gasteiger partial charge in [-0.25, -0.2) is 0 Å². The Hall–Kier alpha value is -3.90. The SMILES string of the molecule is C=C/C=C1\C(=C)c2ccccc2C12c1ccccc1-c1c2ccc(C)c1-c1ccccc1C. The van der Waals surface area contributed by atoms with Gasteiger partial charge in [0.2, 0.25) is 0 Å². The highest BCUT2D eigenvalue weighted by Gasteiger charge is 2.53. The van der Waals surface area contributed by atoms with Crippen molar-refractivity contribution in [2.75, 3.05) is 0 Å². The van der Waals surface area contributed by atoms with Crippen molar-refractivity contribution < 1.29 is 0 Å². The van der Waals surface area contributed by atoms with E-state index in [1.807, 2.05) is 6.08 Å². The Kier molecular flexibility index (Phi) is 4.22. The molecule has 0 aliphatic heterocycles. The number of allylic oxidation sites excluding steroid dienone is 4. The molecule has 0 saturated carbocycles. The average molecular weight is 423 g/mol. The molecule has 2 aliphatic rings. The molecule has 33 heavy (non-hydrogen) atoms. The first-order chi connectivity index (χ1) is 16.1. The third-order valence-electron chi connectivity index (χ3n) is 7.50. The highest BCUT2D eigenvalue weighted by molar-refractivity contribution is 6.03. The summed E-state index contributed by atoms with van der Waals surface area (Å²) >= 11 is 0. The molecule has 0 nitrogen and oxygen atoms in total. The van der Waals surface area contributed by atoms with E-state index in [0.717, 1.165) is 5.57 Å². The van der Waals surface area contributed by atoms with Crippen molar-refractivity contribution in [1.82, 2.24) is 0 Å². The van der Waals surface area contributed by atoms with Gasteiger partial charge < -0.3 is 0 Å². The maximum atomic E-state index is 4.56. The number of benzene rings is 4. The molecule has 1 atom stereocenters. The lowest BCUT2D eigenvalue weighted by Gasteiger charge is -2.31. The van der Waals surface area contributed by atoms with Crippen LogP contribution in [0.2, 0.25) is 0 Å². The second-order valence-electron chi connectivity index (χ2n) is 9.13. The van der Waals surface area contributed by atoms with Gasteiger partial charge in [-0.1, -0.05) is 110 Å². The molecule has 0 heteroatoms. The summed E-state index contributed by atoms with van der Waals surface area (Å²) in [4.78, 5) is 0. The fourth-order valence-electron chi connectivity index (χ4n) is 6.19. The molecule has 0 saturated heterocycles. The van der Waals surface area contributed by atoms with E-state index in [2.05, 4.69) is 118 Å². The zero-order valence-corrected chi connectivity index (χ0v) is 19.2. The van der Waals surface area contributed by atoms with Gasteiger partial charge in [0.05, 0.1) is 5.41 Å². The molecule has 2 aliphatic carbocycles. The maximum Gasteiger partial charge on any atom is 0.0725 e. The summed E-state index contributed by atoms with van der Waals surface area (Å²) in [6, 6.07) is 31.1. The highest BCUT2D eigenvalue weighted by atomic mass is 14.5. The van der Waals surface area contributed by atoms with Crippen molar-refractivity contribution in [3.05, 3.63) is 149 Å². The molecule has 0 bridgehead atoms. The van der Waals surface area contributed by atoms with Gasteiger partial charge in [0.1, 0.15) is 0 Å². The number of hydrogen-bond donors (Lipinski definition) is 0. The number of aryl methyl sites for hydroxylation is 2. The number of fused-ring (bicyclic) bond motifs is 7. The smallest absolute Gasteiger partial charge is 0.0725 e. The number of rotatable bonds is 2. The molecule has 0 heterocycles. The van der Waals surface area contributed by atoms with Crippen molar-refractivity contribution >= 4 is 5.57 Å². The number of hydrogen-bond acceptors (Lipinski definition) is 0. The summed E-state index contributed by atoms with van der Waals surface area (Å²) in [5.41, 5.74) is 15.1. The summed E-state index contributed by atoms with van der Waals surface area (Å²) in [5.74, 6) is 0. The van der Waals surface area contributed by atoms with Crippen molar-refractivity contribution in [2.45, 2.75) is 19.3 Å². The van der Waals surface area contributed by atoms with Crippen LogP contribution >= 0.6 is 0 Å². The van der Waals surface area contributed by atoms with E-state index in [4.69, 9.17) is 0 Å². The quantitative estimate of drug-likeness (QED) is 0.304. The molecular formula is C33H26. The van der Waals surface area contributed by atoms with E-state index in [0.29, 0.717) is 0 Å². The van der Waals surface area contributed by atoms with Crippen LogP contribution in [0.15, 0.2) is 116 Å². The molecular weight excluding hydrogens is 396 g/mol. The third-order valence-corrected chi connectivity index (χ3v) is 7.50. The zero-order chi connectivity index (χ0) is 22.7. The Labute approximate surface area is 196 Å². The van der Waals surface area contributed by atoms with Crippen LogP contribution < -0.4 is 0 Å². The normalized spacial score (nSPS) is 19.0. The summed E-state index contributed by atoms with van der Waals surface area (Å²) in [6.07, 6.45) is 4.08. The van der Waals surface area contributed by atoms with Crippen LogP contribution in [0.5, 0.6) is 0 Å². The standard InChI is InChI=1S/C33H26/c1-5-12-27-23(4)25-15-8-10-17-28(25)33(27)29-18-11-9-16-26(29)32-30(33)20-19-22(3)31(32)24-14-7-6-13-21(24)2/h5-20H,1,4H2,2-3H3/b27-12+. The summed E-state index contributed by atoms with van der Waals surface area (Å²) in [7, 11) is 0. The Morgan fingerprint density at radius 1 is 0.606 bits per heavy atom. The van der Waals surface area contributed by atoms with Gasteiger partial charge in [-0.05, 0) is 80.6 Å². The molecule has 1 unspecified atom stereocenters. The maximum absolute atomic E-state index is 4.56. The molecule has 0 radical (unpaired) electrons. The molecule has 1 spiro atoms. The second-order valence-corrected chi connectivity index (χ2v) is 9.13. The predicted octanol–water partition coefficient (Wildman–Crippen LogP) is 8.42. The fraction of sp³-hybridized carbons (Fsp3) is 0.0909. The van der Waals surface area contributed by atoms with Gasteiger partial charge in [0.25, 0.3) is 0 Å². The van der Waals surface area contributed by atoms with Crippen molar-refractivity contribution in [2.24, 2.45) is 0 Å². The van der Waals surface area contributed by atoms with Crippen LogP contribution in [-0.2, 0) is 5.41 Å². The molecule has 0 N–H and O–H groups in total. The van der Waals surface area contributed by atoms with Gasteiger partial charge in [0, 0.05) is 0 Å². The van der Waals surface area contributed by atoms with Crippen LogP contribution in [0.1, 0.15) is 33.4 Å². The van der Waals surface area contributed by atoms with Crippen LogP contribution in [0.4, 0.5) is 0 Å². The lowest BCUT2D eigenvalue weighted by atomic mass is 9.70. The monoisotopic (exact) mass is 422 g/mol.